The molecule has 1 aromatic carbocycles. The van der Waals surface area contributed by atoms with Crippen LogP contribution in [0.5, 0.6) is 0 Å². The summed E-state index contributed by atoms with van der Waals surface area (Å²) in [6.45, 7) is 1.47. The SMILES string of the molecule is O=C(Cc1ccc(Cl)c(Br)c1)NC1CCOCC1. The number of hydrogen-bond acceptors (Lipinski definition) is 2. The summed E-state index contributed by atoms with van der Waals surface area (Å²) < 4.78 is 6.08. The van der Waals surface area contributed by atoms with Crippen molar-refractivity contribution in [3.63, 3.8) is 0 Å². The molecule has 1 aliphatic heterocycles. The summed E-state index contributed by atoms with van der Waals surface area (Å²) in [6.07, 6.45) is 2.18. The third-order valence-electron chi connectivity index (χ3n) is 2.94. The van der Waals surface area contributed by atoms with Gasteiger partial charge in [-0.1, -0.05) is 17.7 Å². The quantitative estimate of drug-likeness (QED) is 0.924. The number of nitrogens with one attached hydrogen (secondary N) is 1. The minimum Gasteiger partial charge on any atom is -0.381 e. The molecule has 0 saturated carbocycles. The number of benzene rings is 1. The molecule has 5 heteroatoms. The van der Waals surface area contributed by atoms with Crippen molar-refractivity contribution < 1.29 is 9.53 Å². The smallest absolute Gasteiger partial charge is 0.224 e. The van der Waals surface area contributed by atoms with Gasteiger partial charge in [-0.25, -0.2) is 0 Å². The lowest BCUT2D eigenvalue weighted by Crippen LogP contribution is -2.39. The van der Waals surface area contributed by atoms with Gasteiger partial charge in [0.15, 0.2) is 0 Å². The number of ether oxygens (including phenoxy) is 1. The minimum absolute atomic E-state index is 0.0520. The Hall–Kier alpha value is -0.580. The maximum Gasteiger partial charge on any atom is 0.224 e. The Kier molecular flexibility index (Phi) is 5.03. The van der Waals surface area contributed by atoms with Gasteiger partial charge < -0.3 is 10.1 Å². The minimum atomic E-state index is 0.0520. The average Bonchev–Trinajstić information content (AvgIpc) is 2.35. The van der Waals surface area contributed by atoms with E-state index in [0.717, 1.165) is 36.1 Å². The predicted octanol–water partition coefficient (Wildman–Crippen LogP) is 2.94. The summed E-state index contributed by atoms with van der Waals surface area (Å²) in [5.41, 5.74) is 0.954. The first-order valence-corrected chi connectivity index (χ1v) is 7.13. The number of amides is 1. The molecular formula is C13H15BrClNO2. The molecule has 0 aliphatic carbocycles. The molecule has 0 spiro atoms. The second-order valence-corrected chi connectivity index (χ2v) is 5.64. The van der Waals surface area contributed by atoms with Crippen LogP contribution in [0.2, 0.25) is 5.02 Å². The van der Waals surface area contributed by atoms with Crippen molar-refractivity contribution in [2.75, 3.05) is 13.2 Å². The van der Waals surface area contributed by atoms with Gasteiger partial charge in [-0.05, 0) is 46.5 Å². The lowest BCUT2D eigenvalue weighted by molar-refractivity contribution is -0.121. The Bertz CT molecular complexity index is 433. The monoisotopic (exact) mass is 331 g/mol. The van der Waals surface area contributed by atoms with Gasteiger partial charge in [-0.2, -0.15) is 0 Å². The van der Waals surface area contributed by atoms with E-state index in [4.69, 9.17) is 16.3 Å². The molecule has 1 aromatic rings. The van der Waals surface area contributed by atoms with Gasteiger partial charge in [0, 0.05) is 23.7 Å². The molecule has 98 valence electrons. The summed E-state index contributed by atoms with van der Waals surface area (Å²) in [6, 6.07) is 5.80. The molecule has 0 atom stereocenters. The van der Waals surface area contributed by atoms with Crippen molar-refractivity contribution in [3.05, 3.63) is 33.3 Å². The van der Waals surface area contributed by atoms with E-state index < -0.39 is 0 Å². The van der Waals surface area contributed by atoms with Crippen molar-refractivity contribution in [3.8, 4) is 0 Å². The van der Waals surface area contributed by atoms with Crippen LogP contribution in [0.1, 0.15) is 18.4 Å². The maximum absolute atomic E-state index is 11.9. The molecule has 18 heavy (non-hydrogen) atoms. The van der Waals surface area contributed by atoms with E-state index in [2.05, 4.69) is 21.2 Å². The van der Waals surface area contributed by atoms with E-state index >= 15 is 0 Å². The van der Waals surface area contributed by atoms with Gasteiger partial charge in [-0.15, -0.1) is 0 Å². The van der Waals surface area contributed by atoms with Crippen LogP contribution in [0.4, 0.5) is 0 Å². The predicted molar refractivity (Wildman–Crippen MR) is 74.8 cm³/mol. The molecular weight excluding hydrogens is 318 g/mol. The fourth-order valence-corrected chi connectivity index (χ4v) is 2.50. The Balaban J connectivity index is 1.88. The number of carbonyl (C=O) groups excluding carboxylic acids is 1. The number of halogens is 2. The van der Waals surface area contributed by atoms with Crippen LogP contribution < -0.4 is 5.32 Å². The first-order valence-electron chi connectivity index (χ1n) is 5.96. The highest BCUT2D eigenvalue weighted by Crippen LogP contribution is 2.23. The van der Waals surface area contributed by atoms with Crippen molar-refractivity contribution in [1.29, 1.82) is 0 Å². The van der Waals surface area contributed by atoms with E-state index in [0.29, 0.717) is 11.4 Å². The summed E-state index contributed by atoms with van der Waals surface area (Å²) in [7, 11) is 0. The summed E-state index contributed by atoms with van der Waals surface area (Å²) in [5.74, 6) is 0.0520. The lowest BCUT2D eigenvalue weighted by atomic mass is 10.1. The zero-order valence-corrected chi connectivity index (χ0v) is 12.3. The van der Waals surface area contributed by atoms with Crippen molar-refractivity contribution in [2.45, 2.75) is 25.3 Å². The molecule has 0 radical (unpaired) electrons. The van der Waals surface area contributed by atoms with E-state index in [1.165, 1.54) is 0 Å². The molecule has 1 N–H and O–H groups in total. The fraction of sp³-hybridized carbons (Fsp3) is 0.462. The molecule has 0 bridgehead atoms. The molecule has 0 aromatic heterocycles. The van der Waals surface area contributed by atoms with Gasteiger partial charge in [0.25, 0.3) is 0 Å². The molecule has 0 unspecified atom stereocenters. The van der Waals surface area contributed by atoms with Gasteiger partial charge >= 0.3 is 0 Å². The fourth-order valence-electron chi connectivity index (χ4n) is 1.96. The van der Waals surface area contributed by atoms with Crippen LogP contribution in [0.15, 0.2) is 22.7 Å². The average molecular weight is 333 g/mol. The highest BCUT2D eigenvalue weighted by Gasteiger charge is 2.16. The van der Waals surface area contributed by atoms with Gasteiger partial charge in [0.2, 0.25) is 5.91 Å². The summed E-state index contributed by atoms with van der Waals surface area (Å²) in [5, 5.41) is 3.69. The zero-order valence-electron chi connectivity index (χ0n) is 9.92. The Morgan fingerprint density at radius 1 is 1.44 bits per heavy atom. The Labute approximate surface area is 120 Å². The van der Waals surface area contributed by atoms with Gasteiger partial charge in [0.05, 0.1) is 11.4 Å². The van der Waals surface area contributed by atoms with Crippen LogP contribution in [0, 0.1) is 0 Å². The number of hydrogen-bond donors (Lipinski definition) is 1. The highest BCUT2D eigenvalue weighted by molar-refractivity contribution is 9.10. The summed E-state index contributed by atoms with van der Waals surface area (Å²) >= 11 is 9.27. The molecule has 1 aliphatic rings. The lowest BCUT2D eigenvalue weighted by Gasteiger charge is -2.23. The molecule has 3 nitrogen and oxygen atoms in total. The van der Waals surface area contributed by atoms with Gasteiger partial charge in [0.1, 0.15) is 0 Å². The van der Waals surface area contributed by atoms with Crippen molar-refractivity contribution >= 4 is 33.4 Å². The first-order chi connectivity index (χ1) is 8.65. The zero-order chi connectivity index (χ0) is 13.0. The van der Waals surface area contributed by atoms with E-state index in [9.17, 15) is 4.79 Å². The molecule has 1 fully saturated rings. The Morgan fingerprint density at radius 3 is 2.83 bits per heavy atom. The molecule has 1 heterocycles. The van der Waals surface area contributed by atoms with Crippen molar-refractivity contribution in [2.24, 2.45) is 0 Å². The third-order valence-corrected chi connectivity index (χ3v) is 4.15. The number of rotatable bonds is 3. The highest BCUT2D eigenvalue weighted by atomic mass is 79.9. The van der Waals surface area contributed by atoms with Crippen LogP contribution in [-0.2, 0) is 16.0 Å². The Morgan fingerprint density at radius 2 is 2.17 bits per heavy atom. The normalized spacial score (nSPS) is 16.6. The second kappa shape index (κ2) is 6.55. The van der Waals surface area contributed by atoms with Crippen LogP contribution in [0.3, 0.4) is 0 Å². The van der Waals surface area contributed by atoms with E-state index in [-0.39, 0.29) is 11.9 Å². The van der Waals surface area contributed by atoms with Crippen LogP contribution in [-0.4, -0.2) is 25.2 Å². The molecule has 2 rings (SSSR count). The van der Waals surface area contributed by atoms with Gasteiger partial charge in [-0.3, -0.25) is 4.79 Å². The first kappa shape index (κ1) is 13.8. The largest absolute Gasteiger partial charge is 0.381 e. The third kappa shape index (κ3) is 3.97. The maximum atomic E-state index is 11.9. The van der Waals surface area contributed by atoms with Crippen LogP contribution in [0.25, 0.3) is 0 Å². The number of carbonyl (C=O) groups is 1. The summed E-state index contributed by atoms with van der Waals surface area (Å²) in [4.78, 5) is 11.9. The standard InChI is InChI=1S/C13H15BrClNO2/c14-11-7-9(1-2-12(11)15)8-13(17)16-10-3-5-18-6-4-10/h1-2,7,10H,3-6,8H2,(H,16,17). The van der Waals surface area contributed by atoms with E-state index in [1.54, 1.807) is 6.07 Å². The molecule has 1 amide bonds. The van der Waals surface area contributed by atoms with Crippen LogP contribution >= 0.6 is 27.5 Å². The van der Waals surface area contributed by atoms with E-state index in [1.807, 2.05) is 12.1 Å². The topological polar surface area (TPSA) is 38.3 Å². The van der Waals surface area contributed by atoms with Crippen molar-refractivity contribution in [1.82, 2.24) is 5.32 Å². The second-order valence-electron chi connectivity index (χ2n) is 4.38. The molecule has 1 saturated heterocycles.